The second-order valence-electron chi connectivity index (χ2n) is 4.47. The molecule has 7 nitrogen and oxygen atoms in total. The zero-order valence-corrected chi connectivity index (χ0v) is 10.3. The molecule has 0 saturated carbocycles. The van der Waals surface area contributed by atoms with Gasteiger partial charge in [-0.1, -0.05) is 6.92 Å². The molecule has 0 aromatic carbocycles. The summed E-state index contributed by atoms with van der Waals surface area (Å²) in [6.45, 7) is 3.77. The van der Waals surface area contributed by atoms with Gasteiger partial charge in [-0.3, -0.25) is 14.7 Å². The standard InChI is InChI=1S/C10H16N4O.CH2O2/c1-10(3-2-4-12-6-10)8-7(9(11)15)5-13-14-8;2-1-3/h5,12H,2-4,6H2,1H3,(H2,11,15)(H,13,14);1H,(H,2,3). The SMILES string of the molecule is CC1(c2[nH]ncc2C(N)=O)CCCNC1.O=CO. The van der Waals surface area contributed by atoms with Gasteiger partial charge in [0.15, 0.2) is 0 Å². The second kappa shape index (κ2) is 6.15. The van der Waals surface area contributed by atoms with Crippen molar-refractivity contribution in [1.29, 1.82) is 0 Å². The van der Waals surface area contributed by atoms with Crippen LogP contribution in [0.4, 0.5) is 0 Å². The Bertz CT molecular complexity index is 410. The van der Waals surface area contributed by atoms with E-state index in [2.05, 4.69) is 22.4 Å². The zero-order chi connectivity index (χ0) is 13.6. The number of carbonyl (C=O) groups excluding carboxylic acids is 1. The summed E-state index contributed by atoms with van der Waals surface area (Å²) >= 11 is 0. The van der Waals surface area contributed by atoms with Crippen LogP contribution in [0.25, 0.3) is 0 Å². The number of rotatable bonds is 2. The highest BCUT2D eigenvalue weighted by Crippen LogP contribution is 2.31. The highest BCUT2D eigenvalue weighted by molar-refractivity contribution is 5.94. The van der Waals surface area contributed by atoms with E-state index < -0.39 is 5.91 Å². The van der Waals surface area contributed by atoms with Gasteiger partial charge in [0.1, 0.15) is 0 Å². The van der Waals surface area contributed by atoms with Gasteiger partial charge in [-0.15, -0.1) is 0 Å². The molecule has 1 fully saturated rings. The van der Waals surface area contributed by atoms with Crippen LogP contribution in [-0.4, -0.2) is 40.8 Å². The van der Waals surface area contributed by atoms with Gasteiger partial charge in [-0.25, -0.2) is 0 Å². The molecule has 5 N–H and O–H groups in total. The number of piperidine rings is 1. The van der Waals surface area contributed by atoms with Gasteiger partial charge in [0, 0.05) is 12.0 Å². The van der Waals surface area contributed by atoms with Crippen molar-refractivity contribution in [2.45, 2.75) is 25.2 Å². The van der Waals surface area contributed by atoms with Crippen molar-refractivity contribution in [2.24, 2.45) is 5.73 Å². The van der Waals surface area contributed by atoms with E-state index in [1.54, 1.807) is 0 Å². The average Bonchev–Trinajstić information content (AvgIpc) is 2.80. The van der Waals surface area contributed by atoms with Crippen LogP contribution in [0.2, 0.25) is 0 Å². The number of hydrogen-bond acceptors (Lipinski definition) is 4. The average molecular weight is 254 g/mol. The molecule has 100 valence electrons. The minimum Gasteiger partial charge on any atom is -0.483 e. The molecule has 1 aromatic rings. The van der Waals surface area contributed by atoms with Crippen LogP contribution in [0.3, 0.4) is 0 Å². The van der Waals surface area contributed by atoms with Crippen LogP contribution in [-0.2, 0) is 10.2 Å². The minimum absolute atomic E-state index is 0.0564. The number of aromatic nitrogens is 2. The van der Waals surface area contributed by atoms with Crippen molar-refractivity contribution >= 4 is 12.4 Å². The lowest BCUT2D eigenvalue weighted by molar-refractivity contribution is -0.122. The number of primary amides is 1. The molecule has 0 aliphatic carbocycles. The van der Waals surface area contributed by atoms with Crippen LogP contribution < -0.4 is 11.1 Å². The predicted octanol–water partition coefficient (Wildman–Crippen LogP) is -0.149. The molecule has 1 unspecified atom stereocenters. The number of nitrogens with zero attached hydrogens (tertiary/aromatic N) is 1. The lowest BCUT2D eigenvalue weighted by atomic mass is 9.78. The van der Waals surface area contributed by atoms with Gasteiger partial charge >= 0.3 is 0 Å². The molecule has 18 heavy (non-hydrogen) atoms. The Morgan fingerprint density at radius 2 is 2.33 bits per heavy atom. The van der Waals surface area contributed by atoms with Gasteiger partial charge in [-0.2, -0.15) is 5.10 Å². The molecular weight excluding hydrogens is 236 g/mol. The number of amides is 1. The molecule has 1 aliphatic heterocycles. The van der Waals surface area contributed by atoms with Crippen molar-refractivity contribution < 1.29 is 14.7 Å². The van der Waals surface area contributed by atoms with E-state index in [4.69, 9.17) is 15.6 Å². The third-order valence-electron chi connectivity index (χ3n) is 3.11. The number of H-pyrrole nitrogens is 1. The predicted molar refractivity (Wildman–Crippen MR) is 65.3 cm³/mol. The summed E-state index contributed by atoms with van der Waals surface area (Å²) in [6, 6.07) is 0. The first kappa shape index (κ1) is 14.2. The third kappa shape index (κ3) is 3.07. The normalized spacial score (nSPS) is 22.7. The van der Waals surface area contributed by atoms with Crippen LogP contribution in [0, 0.1) is 0 Å². The van der Waals surface area contributed by atoms with Crippen molar-refractivity contribution in [3.8, 4) is 0 Å². The number of hydrogen-bond donors (Lipinski definition) is 4. The Morgan fingerprint density at radius 3 is 2.83 bits per heavy atom. The van der Waals surface area contributed by atoms with E-state index in [0.29, 0.717) is 5.56 Å². The molecule has 0 radical (unpaired) electrons. The molecule has 0 bridgehead atoms. The first-order valence-electron chi connectivity index (χ1n) is 5.67. The maximum Gasteiger partial charge on any atom is 0.290 e. The van der Waals surface area contributed by atoms with Crippen LogP contribution >= 0.6 is 0 Å². The summed E-state index contributed by atoms with van der Waals surface area (Å²) in [5.74, 6) is -0.412. The van der Waals surface area contributed by atoms with Gasteiger partial charge in [0.25, 0.3) is 12.4 Å². The molecule has 7 heteroatoms. The summed E-state index contributed by atoms with van der Waals surface area (Å²) in [5.41, 5.74) is 6.63. The molecule has 1 atom stereocenters. The summed E-state index contributed by atoms with van der Waals surface area (Å²) in [5, 5.41) is 17.0. The summed E-state index contributed by atoms with van der Waals surface area (Å²) in [7, 11) is 0. The fourth-order valence-corrected chi connectivity index (χ4v) is 2.20. The Labute approximate surface area is 105 Å². The summed E-state index contributed by atoms with van der Waals surface area (Å²) < 4.78 is 0. The van der Waals surface area contributed by atoms with E-state index >= 15 is 0 Å². The van der Waals surface area contributed by atoms with Gasteiger partial charge in [0.2, 0.25) is 0 Å². The molecular formula is C11H18N4O3. The van der Waals surface area contributed by atoms with Crippen LogP contribution in [0.1, 0.15) is 35.8 Å². The van der Waals surface area contributed by atoms with Crippen molar-refractivity contribution in [3.63, 3.8) is 0 Å². The fraction of sp³-hybridized carbons (Fsp3) is 0.545. The Hall–Kier alpha value is -1.89. The molecule has 1 aliphatic rings. The zero-order valence-electron chi connectivity index (χ0n) is 10.3. The minimum atomic E-state index is -0.412. The van der Waals surface area contributed by atoms with Crippen LogP contribution in [0.15, 0.2) is 6.20 Å². The second-order valence-corrected chi connectivity index (χ2v) is 4.47. The molecule has 1 amide bonds. The van der Waals surface area contributed by atoms with Crippen molar-refractivity contribution in [3.05, 3.63) is 17.5 Å². The van der Waals surface area contributed by atoms with E-state index in [-0.39, 0.29) is 11.9 Å². The highest BCUT2D eigenvalue weighted by atomic mass is 16.3. The monoisotopic (exact) mass is 254 g/mol. The Morgan fingerprint density at radius 1 is 1.67 bits per heavy atom. The van der Waals surface area contributed by atoms with Gasteiger partial charge < -0.3 is 16.2 Å². The van der Waals surface area contributed by atoms with Gasteiger partial charge in [-0.05, 0) is 19.4 Å². The molecule has 0 spiro atoms. The lowest BCUT2D eigenvalue weighted by Gasteiger charge is -2.33. The maximum atomic E-state index is 11.2. The van der Waals surface area contributed by atoms with Gasteiger partial charge in [0.05, 0.1) is 17.5 Å². The number of carboxylic acid groups (broad SMARTS) is 1. The smallest absolute Gasteiger partial charge is 0.290 e. The first-order valence-corrected chi connectivity index (χ1v) is 5.67. The maximum absolute atomic E-state index is 11.2. The van der Waals surface area contributed by atoms with Crippen molar-refractivity contribution in [1.82, 2.24) is 15.5 Å². The molecule has 2 heterocycles. The quantitative estimate of drug-likeness (QED) is 0.547. The number of aromatic amines is 1. The molecule has 2 rings (SSSR count). The Balaban J connectivity index is 0.000000492. The number of nitrogens with one attached hydrogen (secondary N) is 2. The third-order valence-corrected chi connectivity index (χ3v) is 3.11. The fourth-order valence-electron chi connectivity index (χ4n) is 2.20. The highest BCUT2D eigenvalue weighted by Gasteiger charge is 2.33. The van der Waals surface area contributed by atoms with E-state index in [9.17, 15) is 4.79 Å². The summed E-state index contributed by atoms with van der Waals surface area (Å²) in [4.78, 5) is 19.6. The number of carbonyl (C=O) groups is 2. The Kier molecular flexibility index (Phi) is 4.85. The topological polar surface area (TPSA) is 121 Å². The summed E-state index contributed by atoms with van der Waals surface area (Å²) in [6.07, 6.45) is 3.66. The van der Waals surface area contributed by atoms with E-state index in [1.165, 1.54) is 6.20 Å². The van der Waals surface area contributed by atoms with E-state index in [0.717, 1.165) is 31.6 Å². The largest absolute Gasteiger partial charge is 0.483 e. The van der Waals surface area contributed by atoms with Crippen molar-refractivity contribution in [2.75, 3.05) is 13.1 Å². The van der Waals surface area contributed by atoms with Crippen LogP contribution in [0.5, 0.6) is 0 Å². The number of nitrogens with two attached hydrogens (primary N) is 1. The lowest BCUT2D eigenvalue weighted by Crippen LogP contribution is -2.42. The van der Waals surface area contributed by atoms with E-state index in [1.807, 2.05) is 0 Å². The molecule has 1 aromatic heterocycles. The first-order chi connectivity index (χ1) is 8.55. The molecule has 1 saturated heterocycles.